The predicted molar refractivity (Wildman–Crippen MR) is 87.9 cm³/mol. The molecule has 0 saturated carbocycles. The summed E-state index contributed by atoms with van der Waals surface area (Å²) in [6.45, 7) is 1.68. The van der Waals surface area contributed by atoms with Gasteiger partial charge in [0, 0.05) is 36.8 Å². The van der Waals surface area contributed by atoms with Crippen molar-refractivity contribution in [1.82, 2.24) is 14.9 Å². The highest BCUT2D eigenvalue weighted by molar-refractivity contribution is 5.80. The van der Waals surface area contributed by atoms with Crippen molar-refractivity contribution in [2.45, 2.75) is 31.6 Å². The smallest absolute Gasteiger partial charge is 0.226 e. The summed E-state index contributed by atoms with van der Waals surface area (Å²) in [6, 6.07) is 10.4. The maximum Gasteiger partial charge on any atom is 0.226 e. The zero-order valence-corrected chi connectivity index (χ0v) is 13.2. The molecule has 0 unspecified atom stereocenters. The molecule has 1 saturated heterocycles. The summed E-state index contributed by atoms with van der Waals surface area (Å²) in [6.07, 6.45) is 7.33. The summed E-state index contributed by atoms with van der Waals surface area (Å²) in [5, 5.41) is 0. The summed E-state index contributed by atoms with van der Waals surface area (Å²) in [5.74, 6) is 0.788. The summed E-state index contributed by atoms with van der Waals surface area (Å²) in [7, 11) is 0. The summed E-state index contributed by atoms with van der Waals surface area (Å²) in [5.41, 5.74) is 3.75. The van der Waals surface area contributed by atoms with Gasteiger partial charge >= 0.3 is 0 Å². The first-order valence-corrected chi connectivity index (χ1v) is 8.43. The molecule has 4 nitrogen and oxygen atoms in total. The Kier molecular flexibility index (Phi) is 3.82. The number of hydrogen-bond donors (Lipinski definition) is 0. The number of carbonyl (C=O) groups is 1. The minimum atomic E-state index is 0.122. The molecule has 2 heterocycles. The van der Waals surface area contributed by atoms with Crippen LogP contribution in [0.25, 0.3) is 0 Å². The summed E-state index contributed by atoms with van der Waals surface area (Å²) >= 11 is 0. The SMILES string of the molecule is O=C(C1Cc2ccccc2C1)N1CCC[C@@H](c2ccncn2)C1. The van der Waals surface area contributed by atoms with Gasteiger partial charge in [-0.05, 0) is 42.9 Å². The number of likely N-dealkylation sites (tertiary alicyclic amines) is 1. The van der Waals surface area contributed by atoms with Crippen molar-refractivity contribution in [3.63, 3.8) is 0 Å². The fourth-order valence-electron chi connectivity index (χ4n) is 3.95. The lowest BCUT2D eigenvalue weighted by Crippen LogP contribution is -2.42. The predicted octanol–water partition coefficient (Wildman–Crippen LogP) is 2.60. The molecule has 1 aliphatic carbocycles. The van der Waals surface area contributed by atoms with E-state index in [0.717, 1.165) is 44.5 Å². The Morgan fingerprint density at radius 3 is 2.61 bits per heavy atom. The summed E-state index contributed by atoms with van der Waals surface area (Å²) in [4.78, 5) is 23.4. The Hall–Kier alpha value is -2.23. The number of aromatic nitrogens is 2. The maximum absolute atomic E-state index is 12.9. The van der Waals surface area contributed by atoms with Crippen LogP contribution in [0, 0.1) is 5.92 Å². The van der Waals surface area contributed by atoms with E-state index >= 15 is 0 Å². The maximum atomic E-state index is 12.9. The van der Waals surface area contributed by atoms with Crippen LogP contribution in [0.15, 0.2) is 42.9 Å². The van der Waals surface area contributed by atoms with E-state index in [1.54, 1.807) is 12.5 Å². The zero-order valence-electron chi connectivity index (χ0n) is 13.2. The van der Waals surface area contributed by atoms with E-state index < -0.39 is 0 Å². The van der Waals surface area contributed by atoms with E-state index in [1.165, 1.54) is 11.1 Å². The van der Waals surface area contributed by atoms with Crippen LogP contribution in [0.5, 0.6) is 0 Å². The molecule has 1 aromatic heterocycles. The monoisotopic (exact) mass is 307 g/mol. The second-order valence-electron chi connectivity index (χ2n) is 6.63. The molecule has 23 heavy (non-hydrogen) atoms. The van der Waals surface area contributed by atoms with Crippen LogP contribution in [0.4, 0.5) is 0 Å². The van der Waals surface area contributed by atoms with Crippen LogP contribution in [-0.4, -0.2) is 33.9 Å². The van der Waals surface area contributed by atoms with Gasteiger partial charge in [-0.15, -0.1) is 0 Å². The van der Waals surface area contributed by atoms with Gasteiger partial charge in [-0.3, -0.25) is 4.79 Å². The van der Waals surface area contributed by atoms with Crippen molar-refractivity contribution in [3.05, 3.63) is 59.7 Å². The molecule has 1 aliphatic heterocycles. The first-order valence-electron chi connectivity index (χ1n) is 8.43. The molecule has 2 aliphatic rings. The third kappa shape index (κ3) is 2.85. The van der Waals surface area contributed by atoms with Crippen molar-refractivity contribution >= 4 is 5.91 Å². The number of nitrogens with zero attached hydrogens (tertiary/aromatic N) is 3. The average molecular weight is 307 g/mol. The zero-order chi connectivity index (χ0) is 15.6. The van der Waals surface area contributed by atoms with Gasteiger partial charge in [0.15, 0.2) is 0 Å². The number of piperidine rings is 1. The highest BCUT2D eigenvalue weighted by atomic mass is 16.2. The quantitative estimate of drug-likeness (QED) is 0.857. The molecule has 2 aromatic rings. The largest absolute Gasteiger partial charge is 0.342 e. The number of fused-ring (bicyclic) bond motifs is 1. The minimum absolute atomic E-state index is 0.122. The minimum Gasteiger partial charge on any atom is -0.342 e. The Labute approximate surface area is 136 Å². The van der Waals surface area contributed by atoms with Gasteiger partial charge in [-0.1, -0.05) is 24.3 Å². The second-order valence-corrected chi connectivity index (χ2v) is 6.63. The molecule has 0 bridgehead atoms. The molecule has 4 heteroatoms. The Balaban J connectivity index is 1.45. The van der Waals surface area contributed by atoms with E-state index in [2.05, 4.69) is 39.1 Å². The van der Waals surface area contributed by atoms with Crippen LogP contribution >= 0.6 is 0 Å². The Bertz CT molecular complexity index is 676. The van der Waals surface area contributed by atoms with Gasteiger partial charge in [0.05, 0.1) is 0 Å². The molecular formula is C19H21N3O. The van der Waals surface area contributed by atoms with E-state index in [9.17, 15) is 4.79 Å². The van der Waals surface area contributed by atoms with Crippen molar-refractivity contribution in [2.24, 2.45) is 5.92 Å². The molecule has 1 fully saturated rings. The van der Waals surface area contributed by atoms with Crippen molar-refractivity contribution < 1.29 is 4.79 Å². The van der Waals surface area contributed by atoms with Crippen LogP contribution in [0.1, 0.15) is 35.6 Å². The Morgan fingerprint density at radius 1 is 1.13 bits per heavy atom. The van der Waals surface area contributed by atoms with Crippen molar-refractivity contribution in [1.29, 1.82) is 0 Å². The molecule has 1 amide bonds. The lowest BCUT2D eigenvalue weighted by atomic mass is 9.93. The van der Waals surface area contributed by atoms with Crippen molar-refractivity contribution in [2.75, 3.05) is 13.1 Å². The van der Waals surface area contributed by atoms with E-state index in [4.69, 9.17) is 0 Å². The number of carbonyl (C=O) groups excluding carboxylic acids is 1. The fraction of sp³-hybridized carbons (Fsp3) is 0.421. The molecule has 0 spiro atoms. The number of benzene rings is 1. The molecule has 118 valence electrons. The van der Waals surface area contributed by atoms with Crippen LogP contribution < -0.4 is 0 Å². The van der Waals surface area contributed by atoms with E-state index in [0.29, 0.717) is 11.8 Å². The van der Waals surface area contributed by atoms with Gasteiger partial charge < -0.3 is 4.90 Å². The number of hydrogen-bond acceptors (Lipinski definition) is 3. The van der Waals surface area contributed by atoms with E-state index in [-0.39, 0.29) is 5.92 Å². The molecule has 0 N–H and O–H groups in total. The Morgan fingerprint density at radius 2 is 1.91 bits per heavy atom. The molecular weight excluding hydrogens is 286 g/mol. The second kappa shape index (κ2) is 6.11. The van der Waals surface area contributed by atoms with Gasteiger partial charge in [0.2, 0.25) is 5.91 Å². The van der Waals surface area contributed by atoms with Crippen molar-refractivity contribution in [3.8, 4) is 0 Å². The highest BCUT2D eigenvalue weighted by Crippen LogP contribution is 2.31. The molecule has 0 radical (unpaired) electrons. The van der Waals surface area contributed by atoms with Crippen LogP contribution in [0.2, 0.25) is 0 Å². The average Bonchev–Trinajstić information content (AvgIpc) is 3.06. The standard InChI is InChI=1S/C19H21N3O/c23-19(17-10-14-4-1-2-5-15(14)11-17)22-9-3-6-16(12-22)18-7-8-20-13-21-18/h1-2,4-5,7-8,13,16-17H,3,6,9-12H2/t16-/m1/s1. The first-order chi connectivity index (χ1) is 11.3. The molecule has 4 rings (SSSR count). The van der Waals surface area contributed by atoms with Gasteiger partial charge in [-0.25, -0.2) is 9.97 Å². The molecule has 1 atom stereocenters. The third-order valence-corrected chi connectivity index (χ3v) is 5.16. The fourth-order valence-corrected chi connectivity index (χ4v) is 3.95. The van der Waals surface area contributed by atoms with Gasteiger partial charge in [-0.2, -0.15) is 0 Å². The lowest BCUT2D eigenvalue weighted by Gasteiger charge is -2.34. The molecule has 1 aromatic carbocycles. The van der Waals surface area contributed by atoms with Gasteiger partial charge in [0.1, 0.15) is 6.33 Å². The van der Waals surface area contributed by atoms with Crippen LogP contribution in [0.3, 0.4) is 0 Å². The lowest BCUT2D eigenvalue weighted by molar-refractivity contribution is -0.136. The number of amides is 1. The van der Waals surface area contributed by atoms with E-state index in [1.807, 2.05) is 6.07 Å². The number of rotatable bonds is 2. The first kappa shape index (κ1) is 14.4. The normalized spacial score (nSPS) is 21.2. The highest BCUT2D eigenvalue weighted by Gasteiger charge is 2.33. The topological polar surface area (TPSA) is 46.1 Å². The summed E-state index contributed by atoms with van der Waals surface area (Å²) < 4.78 is 0. The third-order valence-electron chi connectivity index (χ3n) is 5.16. The van der Waals surface area contributed by atoms with Crippen LogP contribution in [-0.2, 0) is 17.6 Å². The van der Waals surface area contributed by atoms with Gasteiger partial charge in [0.25, 0.3) is 0 Å².